The average Bonchev–Trinajstić information content (AvgIpc) is 3.15. The lowest BCUT2D eigenvalue weighted by atomic mass is 10.1. The minimum atomic E-state index is -4.71. The van der Waals surface area contributed by atoms with Crippen molar-refractivity contribution in [2.45, 2.75) is 12.8 Å². The molecule has 3 rings (SSSR count). The summed E-state index contributed by atoms with van der Waals surface area (Å²) in [5, 5.41) is 7.64. The average molecular weight is 388 g/mol. The third kappa shape index (κ3) is 5.43. The summed E-state index contributed by atoms with van der Waals surface area (Å²) in [6, 6.07) is 13.4. The zero-order valence-electron chi connectivity index (χ0n) is 15.0. The van der Waals surface area contributed by atoms with Crippen LogP contribution < -0.4 is 10.1 Å². The van der Waals surface area contributed by atoms with E-state index in [1.807, 2.05) is 30.3 Å². The molecule has 3 aromatic rings. The van der Waals surface area contributed by atoms with Crippen molar-refractivity contribution >= 4 is 0 Å². The van der Waals surface area contributed by atoms with Gasteiger partial charge in [-0.3, -0.25) is 0 Å². The van der Waals surface area contributed by atoms with Gasteiger partial charge >= 0.3 is 6.36 Å². The zero-order chi connectivity index (χ0) is 20.0. The van der Waals surface area contributed by atoms with Gasteiger partial charge in [-0.05, 0) is 42.8 Å². The molecule has 2 aromatic carbocycles. The van der Waals surface area contributed by atoms with E-state index in [-0.39, 0.29) is 5.75 Å². The second kappa shape index (κ2) is 8.71. The van der Waals surface area contributed by atoms with E-state index in [2.05, 4.69) is 26.7 Å². The highest BCUT2D eigenvalue weighted by atomic mass is 19.4. The fourth-order valence-electron chi connectivity index (χ4n) is 2.58. The number of nitrogens with zero attached hydrogens (tertiary/aromatic N) is 3. The van der Waals surface area contributed by atoms with Gasteiger partial charge in [0, 0.05) is 12.1 Å². The molecule has 1 aromatic heterocycles. The van der Waals surface area contributed by atoms with Gasteiger partial charge in [0.15, 0.2) is 5.82 Å². The predicted molar refractivity (Wildman–Crippen MR) is 100 cm³/mol. The number of hydrogen-bond donors (Lipinski definition) is 1. The number of halogens is 3. The highest BCUT2D eigenvalue weighted by Crippen LogP contribution is 2.24. The summed E-state index contributed by atoms with van der Waals surface area (Å²) in [4.78, 5) is 4.28. The van der Waals surface area contributed by atoms with Gasteiger partial charge < -0.3 is 10.1 Å². The zero-order valence-corrected chi connectivity index (χ0v) is 15.0. The highest BCUT2D eigenvalue weighted by molar-refractivity contribution is 5.55. The first kappa shape index (κ1) is 19.6. The van der Waals surface area contributed by atoms with Crippen LogP contribution in [-0.4, -0.2) is 34.2 Å². The van der Waals surface area contributed by atoms with Gasteiger partial charge in [0.2, 0.25) is 0 Å². The molecule has 0 unspecified atom stereocenters. The van der Waals surface area contributed by atoms with Gasteiger partial charge in [0.25, 0.3) is 0 Å². The van der Waals surface area contributed by atoms with Gasteiger partial charge in [-0.15, -0.1) is 24.8 Å². The molecule has 0 fully saturated rings. The monoisotopic (exact) mass is 388 g/mol. The van der Waals surface area contributed by atoms with Crippen molar-refractivity contribution in [1.29, 1.82) is 0 Å². The first-order chi connectivity index (χ1) is 13.4. The van der Waals surface area contributed by atoms with E-state index in [1.165, 1.54) is 40.8 Å². The molecule has 28 heavy (non-hydrogen) atoms. The van der Waals surface area contributed by atoms with E-state index in [9.17, 15) is 13.2 Å². The van der Waals surface area contributed by atoms with E-state index in [4.69, 9.17) is 0 Å². The Labute approximate surface area is 160 Å². The topological polar surface area (TPSA) is 52.0 Å². The number of ether oxygens (including phenoxy) is 1. The lowest BCUT2D eigenvalue weighted by molar-refractivity contribution is -0.274. The Morgan fingerprint density at radius 1 is 1.07 bits per heavy atom. The normalized spacial score (nSPS) is 11.4. The second-order valence-corrected chi connectivity index (χ2v) is 5.99. The van der Waals surface area contributed by atoms with E-state index < -0.39 is 6.36 Å². The van der Waals surface area contributed by atoms with Crippen LogP contribution in [0.4, 0.5) is 13.2 Å². The molecule has 8 heteroatoms. The lowest BCUT2D eigenvalue weighted by Crippen LogP contribution is -2.17. The molecule has 0 aliphatic rings. The maximum absolute atomic E-state index is 12.2. The Bertz CT molecular complexity index is 902. The lowest BCUT2D eigenvalue weighted by Gasteiger charge is -2.09. The number of benzene rings is 2. The first-order valence-corrected chi connectivity index (χ1v) is 8.63. The molecular weight excluding hydrogens is 369 g/mol. The van der Waals surface area contributed by atoms with Crippen LogP contribution in [0.2, 0.25) is 0 Å². The van der Waals surface area contributed by atoms with Crippen LogP contribution in [0.5, 0.6) is 5.75 Å². The predicted octanol–water partition coefficient (Wildman–Crippen LogP) is 4.15. The van der Waals surface area contributed by atoms with Crippen molar-refractivity contribution in [3.8, 4) is 22.8 Å². The number of aromatic nitrogens is 3. The molecule has 0 saturated heterocycles. The molecule has 1 heterocycles. The van der Waals surface area contributed by atoms with Crippen LogP contribution in [0.25, 0.3) is 17.1 Å². The van der Waals surface area contributed by atoms with Crippen LogP contribution in [0.3, 0.4) is 0 Å². The van der Waals surface area contributed by atoms with Crippen LogP contribution in [-0.2, 0) is 6.42 Å². The molecule has 0 atom stereocenters. The molecule has 0 radical (unpaired) electrons. The Kier molecular flexibility index (Phi) is 6.10. The first-order valence-electron chi connectivity index (χ1n) is 8.63. The maximum Gasteiger partial charge on any atom is 0.573 e. The van der Waals surface area contributed by atoms with Crippen LogP contribution in [0.15, 0.2) is 67.5 Å². The SMILES string of the molecule is C=CCNCCc1ccc(-c2ncn(-c3ccc(OC(F)(F)F)cc3)n2)cc1. The maximum atomic E-state index is 12.2. The van der Waals surface area contributed by atoms with Crippen molar-refractivity contribution in [3.63, 3.8) is 0 Å². The Morgan fingerprint density at radius 2 is 1.79 bits per heavy atom. The van der Waals surface area contributed by atoms with E-state index in [1.54, 1.807) is 0 Å². The van der Waals surface area contributed by atoms with Gasteiger partial charge in [0.1, 0.15) is 12.1 Å². The van der Waals surface area contributed by atoms with E-state index in [0.29, 0.717) is 11.5 Å². The van der Waals surface area contributed by atoms with Gasteiger partial charge in [-0.2, -0.15) is 0 Å². The Balaban J connectivity index is 1.65. The molecule has 0 aliphatic heterocycles. The van der Waals surface area contributed by atoms with E-state index in [0.717, 1.165) is 25.1 Å². The second-order valence-electron chi connectivity index (χ2n) is 5.99. The summed E-state index contributed by atoms with van der Waals surface area (Å²) >= 11 is 0. The van der Waals surface area contributed by atoms with Crippen molar-refractivity contribution in [1.82, 2.24) is 20.1 Å². The van der Waals surface area contributed by atoms with Crippen molar-refractivity contribution in [3.05, 3.63) is 73.1 Å². The third-order valence-corrected chi connectivity index (χ3v) is 3.92. The summed E-state index contributed by atoms with van der Waals surface area (Å²) in [5.74, 6) is 0.252. The van der Waals surface area contributed by atoms with Crippen molar-refractivity contribution in [2.24, 2.45) is 0 Å². The highest BCUT2D eigenvalue weighted by Gasteiger charge is 2.30. The summed E-state index contributed by atoms with van der Waals surface area (Å²) < 4.78 is 42.1. The quantitative estimate of drug-likeness (QED) is 0.465. The number of nitrogens with one attached hydrogen (secondary N) is 1. The number of rotatable bonds is 8. The van der Waals surface area contributed by atoms with Gasteiger partial charge in [-0.1, -0.05) is 30.3 Å². The largest absolute Gasteiger partial charge is 0.573 e. The minimum absolute atomic E-state index is 0.283. The van der Waals surface area contributed by atoms with Gasteiger partial charge in [-0.25, -0.2) is 9.67 Å². The van der Waals surface area contributed by atoms with Crippen LogP contribution in [0, 0.1) is 0 Å². The molecule has 0 aliphatic carbocycles. The van der Waals surface area contributed by atoms with Crippen LogP contribution >= 0.6 is 0 Å². The fourth-order valence-corrected chi connectivity index (χ4v) is 2.58. The summed E-state index contributed by atoms with van der Waals surface area (Å²) in [6.07, 6.45) is -0.470. The molecular formula is C20H19F3N4O. The number of hydrogen-bond acceptors (Lipinski definition) is 4. The van der Waals surface area contributed by atoms with Gasteiger partial charge in [0.05, 0.1) is 5.69 Å². The summed E-state index contributed by atoms with van der Waals surface area (Å²) in [6.45, 7) is 5.31. The van der Waals surface area contributed by atoms with E-state index >= 15 is 0 Å². The molecule has 146 valence electrons. The fraction of sp³-hybridized carbons (Fsp3) is 0.200. The molecule has 0 amide bonds. The molecule has 1 N–H and O–H groups in total. The van der Waals surface area contributed by atoms with Crippen molar-refractivity contribution < 1.29 is 17.9 Å². The van der Waals surface area contributed by atoms with Crippen molar-refractivity contribution in [2.75, 3.05) is 13.1 Å². The molecule has 5 nitrogen and oxygen atoms in total. The summed E-state index contributed by atoms with van der Waals surface area (Å²) in [7, 11) is 0. The smallest absolute Gasteiger partial charge is 0.406 e. The summed E-state index contributed by atoms with van der Waals surface area (Å²) in [5.41, 5.74) is 2.64. The minimum Gasteiger partial charge on any atom is -0.406 e. The molecule has 0 bridgehead atoms. The Hall–Kier alpha value is -3.13. The number of alkyl halides is 3. The van der Waals surface area contributed by atoms with Crippen LogP contribution in [0.1, 0.15) is 5.56 Å². The molecule has 0 spiro atoms. The standard InChI is InChI=1S/C20H19F3N4O/c1-2-12-24-13-11-15-3-5-16(6-4-15)19-25-14-27(26-19)17-7-9-18(10-8-17)28-20(21,22)23/h2-10,14,24H,1,11-13H2. The Morgan fingerprint density at radius 3 is 2.43 bits per heavy atom. The third-order valence-electron chi connectivity index (χ3n) is 3.92. The molecule has 0 saturated carbocycles.